The summed E-state index contributed by atoms with van der Waals surface area (Å²) in [7, 11) is 0. The fourth-order valence-electron chi connectivity index (χ4n) is 1.22. The number of rotatable bonds is 1. The summed E-state index contributed by atoms with van der Waals surface area (Å²) < 4.78 is 10.5. The molecule has 0 amide bonds. The van der Waals surface area contributed by atoms with Gasteiger partial charge in [-0.25, -0.2) is 4.21 Å². The Labute approximate surface area is 74.5 Å². The largest absolute Gasteiger partial charge is 0.212 e. The number of hydrogen-bond acceptors (Lipinski definition) is 1. The molecule has 0 unspecified atom stereocenters. The van der Waals surface area contributed by atoms with Gasteiger partial charge in [0.1, 0.15) is 0 Å². The average molecular weight is 175 g/mol. The van der Waals surface area contributed by atoms with Crippen LogP contribution >= 0.6 is 0 Å². The first-order valence-corrected chi connectivity index (χ1v) is 4.43. The highest BCUT2D eigenvalue weighted by molar-refractivity contribution is 7.65. The van der Waals surface area contributed by atoms with E-state index >= 15 is 0 Å². The van der Waals surface area contributed by atoms with Crippen LogP contribution in [-0.2, 0) is 11.7 Å². The minimum absolute atomic E-state index is 0.534. The summed E-state index contributed by atoms with van der Waals surface area (Å²) >= 11 is 0.534. The monoisotopic (exact) mass is 175 g/mol. The number of hydrogen-bond donors (Lipinski definition) is 0. The fraction of sp³-hybridized carbons (Fsp3) is 0. The van der Waals surface area contributed by atoms with Crippen molar-refractivity contribution in [3.8, 4) is 0 Å². The van der Waals surface area contributed by atoms with Gasteiger partial charge in [-0.2, -0.15) is 0 Å². The van der Waals surface area contributed by atoms with E-state index in [1.807, 2.05) is 42.5 Å². The van der Waals surface area contributed by atoms with Crippen LogP contribution in [0.25, 0.3) is 10.8 Å². The maximum Gasteiger partial charge on any atom is 0.0965 e. The molecule has 0 saturated heterocycles. The van der Waals surface area contributed by atoms with Crippen LogP contribution in [0.1, 0.15) is 0 Å². The molecule has 1 nitrogen and oxygen atoms in total. The molecule has 0 fully saturated rings. The molecule has 0 aliphatic carbocycles. The van der Waals surface area contributed by atoms with E-state index in [1.165, 1.54) is 5.39 Å². The quantitative estimate of drug-likeness (QED) is 0.650. The Bertz CT molecular complexity index is 423. The van der Waals surface area contributed by atoms with E-state index in [0.717, 1.165) is 10.3 Å². The Morgan fingerprint density at radius 2 is 1.67 bits per heavy atom. The topological polar surface area (TPSA) is 17.1 Å². The molecule has 1 radical (unpaired) electrons. The van der Waals surface area contributed by atoms with Crippen molar-refractivity contribution in [1.82, 2.24) is 0 Å². The van der Waals surface area contributed by atoms with Gasteiger partial charge < -0.3 is 0 Å². The maximum absolute atomic E-state index is 10.5. The Hall–Kier alpha value is -1.28. The Morgan fingerprint density at radius 1 is 0.917 bits per heavy atom. The molecule has 2 rings (SSSR count). The lowest BCUT2D eigenvalue weighted by Gasteiger charge is -1.95. The van der Waals surface area contributed by atoms with Crippen LogP contribution in [0.4, 0.5) is 0 Å². The van der Waals surface area contributed by atoms with Gasteiger partial charge in [-0.05, 0) is 22.9 Å². The summed E-state index contributed by atoms with van der Waals surface area (Å²) in [5.41, 5.74) is 0. The summed E-state index contributed by atoms with van der Waals surface area (Å²) in [6.45, 7) is 0. The molecule has 0 spiro atoms. The lowest BCUT2D eigenvalue weighted by atomic mass is 10.1. The second kappa shape index (κ2) is 2.99. The van der Waals surface area contributed by atoms with Crippen molar-refractivity contribution in [3.63, 3.8) is 0 Å². The summed E-state index contributed by atoms with van der Waals surface area (Å²) in [5.74, 6) is 0. The molecule has 0 aromatic heterocycles. The van der Waals surface area contributed by atoms with Gasteiger partial charge in [-0.1, -0.05) is 30.3 Å². The second-order valence-electron chi connectivity index (χ2n) is 2.59. The first-order chi connectivity index (χ1) is 5.90. The molecule has 0 aliphatic heterocycles. The van der Waals surface area contributed by atoms with Crippen molar-refractivity contribution in [2.45, 2.75) is 4.90 Å². The molecular formula is C10H7OS. The van der Waals surface area contributed by atoms with Crippen molar-refractivity contribution >= 4 is 22.4 Å². The zero-order valence-electron chi connectivity index (χ0n) is 6.36. The Balaban J connectivity index is 2.75. The van der Waals surface area contributed by atoms with Crippen LogP contribution in [0, 0.1) is 0 Å². The van der Waals surface area contributed by atoms with Crippen molar-refractivity contribution in [2.75, 3.05) is 0 Å². The first kappa shape index (κ1) is 7.37. The zero-order chi connectivity index (χ0) is 8.39. The summed E-state index contributed by atoms with van der Waals surface area (Å²) in [6.07, 6.45) is 0. The van der Waals surface area contributed by atoms with E-state index in [0.29, 0.717) is 11.7 Å². The van der Waals surface area contributed by atoms with Crippen LogP contribution < -0.4 is 0 Å². The fourth-order valence-corrected chi connectivity index (χ4v) is 1.52. The van der Waals surface area contributed by atoms with Gasteiger partial charge in [0.2, 0.25) is 0 Å². The second-order valence-corrected chi connectivity index (χ2v) is 3.23. The van der Waals surface area contributed by atoms with E-state index in [4.69, 9.17) is 0 Å². The predicted octanol–water partition coefficient (Wildman–Crippen LogP) is 2.41. The van der Waals surface area contributed by atoms with E-state index < -0.39 is 0 Å². The molecule has 2 heteroatoms. The van der Waals surface area contributed by atoms with Crippen LogP contribution in [-0.4, -0.2) is 4.21 Å². The third-order valence-corrected chi connectivity index (χ3v) is 2.26. The van der Waals surface area contributed by atoms with Gasteiger partial charge in [-0.3, -0.25) is 0 Å². The van der Waals surface area contributed by atoms with Crippen LogP contribution in [0.2, 0.25) is 0 Å². The minimum Gasteiger partial charge on any atom is -0.212 e. The highest BCUT2D eigenvalue weighted by Gasteiger charge is 1.93. The van der Waals surface area contributed by atoms with Gasteiger partial charge in [0.05, 0.1) is 16.6 Å². The molecule has 0 heterocycles. The molecule has 0 aliphatic rings. The van der Waals surface area contributed by atoms with Gasteiger partial charge in [0.15, 0.2) is 0 Å². The molecule has 0 N–H and O–H groups in total. The van der Waals surface area contributed by atoms with Crippen molar-refractivity contribution in [2.24, 2.45) is 0 Å². The van der Waals surface area contributed by atoms with Gasteiger partial charge in [0.25, 0.3) is 0 Å². The normalized spacial score (nSPS) is 10.0. The number of fused-ring (bicyclic) bond motifs is 1. The predicted molar refractivity (Wildman–Crippen MR) is 50.4 cm³/mol. The van der Waals surface area contributed by atoms with Crippen LogP contribution in [0.5, 0.6) is 0 Å². The van der Waals surface area contributed by atoms with E-state index in [2.05, 4.69) is 0 Å². The smallest absolute Gasteiger partial charge is 0.0965 e. The van der Waals surface area contributed by atoms with Crippen LogP contribution in [0.3, 0.4) is 0 Å². The third-order valence-electron chi connectivity index (χ3n) is 1.82. The Kier molecular flexibility index (Phi) is 1.84. The standard InChI is InChI=1S/C10H7OS/c11-12-10-6-5-8-3-1-2-4-9(8)7-10/h1-7H. The van der Waals surface area contributed by atoms with Crippen molar-refractivity contribution in [1.29, 1.82) is 0 Å². The molecule has 12 heavy (non-hydrogen) atoms. The summed E-state index contributed by atoms with van der Waals surface area (Å²) in [6, 6.07) is 13.7. The molecule has 0 atom stereocenters. The molecule has 0 bridgehead atoms. The van der Waals surface area contributed by atoms with Crippen LogP contribution in [0.15, 0.2) is 47.4 Å². The van der Waals surface area contributed by atoms with E-state index in [-0.39, 0.29) is 0 Å². The molecule has 0 saturated carbocycles. The van der Waals surface area contributed by atoms with Gasteiger partial charge in [0, 0.05) is 0 Å². The molecule has 59 valence electrons. The van der Waals surface area contributed by atoms with Gasteiger partial charge in [-0.15, -0.1) is 0 Å². The maximum atomic E-state index is 10.5. The minimum atomic E-state index is 0.534. The third kappa shape index (κ3) is 1.21. The highest BCUT2D eigenvalue weighted by Crippen LogP contribution is 2.15. The van der Waals surface area contributed by atoms with E-state index in [9.17, 15) is 4.21 Å². The summed E-state index contributed by atoms with van der Waals surface area (Å²) in [5, 5.41) is 2.30. The lowest BCUT2D eigenvalue weighted by Crippen LogP contribution is -1.75. The first-order valence-electron chi connectivity index (χ1n) is 3.69. The Morgan fingerprint density at radius 3 is 2.42 bits per heavy atom. The average Bonchev–Trinajstić information content (AvgIpc) is 2.17. The van der Waals surface area contributed by atoms with Gasteiger partial charge >= 0.3 is 0 Å². The molecule has 2 aromatic carbocycles. The highest BCUT2D eigenvalue weighted by atomic mass is 32.1. The van der Waals surface area contributed by atoms with Crippen molar-refractivity contribution < 1.29 is 4.21 Å². The molecule has 2 aromatic rings. The van der Waals surface area contributed by atoms with E-state index in [1.54, 1.807) is 0 Å². The summed E-state index contributed by atoms with van der Waals surface area (Å²) in [4.78, 5) is 0.772. The zero-order valence-corrected chi connectivity index (χ0v) is 7.17. The lowest BCUT2D eigenvalue weighted by molar-refractivity contribution is 0.694. The van der Waals surface area contributed by atoms with Crippen molar-refractivity contribution in [3.05, 3.63) is 42.5 Å². The molecular weight excluding hydrogens is 168 g/mol. The number of benzene rings is 2. The SMILES string of the molecule is O=[S]c1ccc2ccccc2c1.